The van der Waals surface area contributed by atoms with Gasteiger partial charge in [-0.2, -0.15) is 0 Å². The van der Waals surface area contributed by atoms with Gasteiger partial charge in [0.1, 0.15) is 0 Å². The molecule has 0 unspecified atom stereocenters. The van der Waals surface area contributed by atoms with Gasteiger partial charge in [-0.15, -0.1) is 25.1 Å². The Kier molecular flexibility index (Phi) is 8.98. The normalized spacial score (nSPS) is 11.3. The third-order valence-electron chi connectivity index (χ3n) is 7.74. The van der Waals surface area contributed by atoms with Gasteiger partial charge in [-0.25, -0.2) is 0 Å². The maximum atomic E-state index is 10.3. The first kappa shape index (κ1) is 29.4. The van der Waals surface area contributed by atoms with Crippen LogP contribution in [0.1, 0.15) is 28.7 Å². The van der Waals surface area contributed by atoms with Gasteiger partial charge in [0.15, 0.2) is 5.54 Å². The Morgan fingerprint density at radius 1 is 0.711 bits per heavy atom. The first-order valence-corrected chi connectivity index (χ1v) is 14.8. The number of hydrogen-bond donors (Lipinski definition) is 1. The molecule has 0 spiro atoms. The third-order valence-corrected chi connectivity index (χ3v) is 7.74. The zero-order chi connectivity index (χ0) is 30.9. The van der Waals surface area contributed by atoms with E-state index in [4.69, 9.17) is 10.3 Å². The standard InChI is InChI=1S/C36H32N6O3/c43-42(44)45-26-12-25-37-27-28-21-23-29(24-22-28)33-19-10-11-20-34(33)35-38-40-41(39-35)36(30-13-4-1-5-14-30,31-15-6-2-7-16-31)32-17-8-3-9-18-32/h1-11,13-24,37H,12,25-27H2. The van der Waals surface area contributed by atoms with Crippen molar-refractivity contribution >= 4 is 0 Å². The summed E-state index contributed by atoms with van der Waals surface area (Å²) in [7, 11) is 0. The van der Waals surface area contributed by atoms with E-state index < -0.39 is 10.6 Å². The number of nitrogens with zero attached hydrogens (tertiary/aromatic N) is 5. The first-order valence-electron chi connectivity index (χ1n) is 14.8. The molecule has 0 aliphatic heterocycles. The Labute approximate surface area is 261 Å². The molecule has 224 valence electrons. The van der Waals surface area contributed by atoms with Crippen molar-refractivity contribution in [3.8, 4) is 22.5 Å². The van der Waals surface area contributed by atoms with Crippen molar-refractivity contribution in [1.29, 1.82) is 0 Å². The lowest BCUT2D eigenvalue weighted by Crippen LogP contribution is -2.39. The lowest BCUT2D eigenvalue weighted by atomic mass is 9.77. The minimum atomic E-state index is -0.853. The molecule has 0 amide bonds. The van der Waals surface area contributed by atoms with Crippen LogP contribution in [0.5, 0.6) is 0 Å². The molecule has 9 nitrogen and oxygen atoms in total. The number of aromatic nitrogens is 4. The van der Waals surface area contributed by atoms with Crippen LogP contribution in [0.3, 0.4) is 0 Å². The fraction of sp³-hybridized carbons (Fsp3) is 0.139. The van der Waals surface area contributed by atoms with Crippen molar-refractivity contribution in [3.05, 3.63) is 172 Å². The van der Waals surface area contributed by atoms with Crippen molar-refractivity contribution in [1.82, 2.24) is 25.5 Å². The highest BCUT2D eigenvalue weighted by molar-refractivity contribution is 5.80. The van der Waals surface area contributed by atoms with Crippen LogP contribution < -0.4 is 5.32 Å². The molecule has 0 aliphatic carbocycles. The van der Waals surface area contributed by atoms with E-state index in [9.17, 15) is 10.1 Å². The SMILES string of the molecule is O=[N+]([O-])OCCCNCc1ccc(-c2ccccc2-c2nnn(C(c3ccccc3)(c3ccccc3)c3ccccc3)n2)cc1. The van der Waals surface area contributed by atoms with Crippen LogP contribution in [0, 0.1) is 10.1 Å². The molecule has 0 atom stereocenters. The summed E-state index contributed by atoms with van der Waals surface area (Å²) >= 11 is 0. The van der Waals surface area contributed by atoms with Gasteiger partial charge in [-0.05, 0) is 51.6 Å². The van der Waals surface area contributed by atoms with Gasteiger partial charge in [0.2, 0.25) is 5.82 Å². The molecule has 0 saturated heterocycles. The van der Waals surface area contributed by atoms with E-state index in [0.717, 1.165) is 38.9 Å². The molecule has 45 heavy (non-hydrogen) atoms. The molecule has 1 N–H and O–H groups in total. The van der Waals surface area contributed by atoms with Crippen LogP contribution in [0.25, 0.3) is 22.5 Å². The fourth-order valence-corrected chi connectivity index (χ4v) is 5.65. The second-order valence-electron chi connectivity index (χ2n) is 10.5. The summed E-state index contributed by atoms with van der Waals surface area (Å²) in [6.07, 6.45) is 0.556. The molecule has 0 fully saturated rings. The summed E-state index contributed by atoms with van der Waals surface area (Å²) in [6, 6.07) is 47.3. The summed E-state index contributed by atoms with van der Waals surface area (Å²) < 4.78 is 0. The predicted octanol–water partition coefficient (Wildman–Crippen LogP) is 6.54. The fourth-order valence-electron chi connectivity index (χ4n) is 5.65. The lowest BCUT2D eigenvalue weighted by Gasteiger charge is -2.34. The maximum Gasteiger partial charge on any atom is 0.294 e. The van der Waals surface area contributed by atoms with E-state index in [1.165, 1.54) is 0 Å². The van der Waals surface area contributed by atoms with Gasteiger partial charge < -0.3 is 10.2 Å². The van der Waals surface area contributed by atoms with E-state index in [0.29, 0.717) is 25.3 Å². The Morgan fingerprint density at radius 2 is 1.24 bits per heavy atom. The second kappa shape index (κ2) is 13.7. The smallest absolute Gasteiger partial charge is 0.294 e. The quantitative estimate of drug-likeness (QED) is 0.0698. The molecule has 5 aromatic carbocycles. The van der Waals surface area contributed by atoms with Gasteiger partial charge >= 0.3 is 0 Å². The molecule has 0 saturated carbocycles. The van der Waals surface area contributed by atoms with Gasteiger partial charge in [-0.1, -0.05) is 140 Å². The highest BCUT2D eigenvalue weighted by Crippen LogP contribution is 2.40. The van der Waals surface area contributed by atoms with Gasteiger partial charge in [0, 0.05) is 12.1 Å². The van der Waals surface area contributed by atoms with Gasteiger partial charge in [-0.3, -0.25) is 0 Å². The minimum absolute atomic E-state index is 0.0809. The topological polar surface area (TPSA) is 108 Å². The Balaban J connectivity index is 1.34. The number of nitrogens with one attached hydrogen (secondary N) is 1. The Hall–Kier alpha value is -5.67. The molecule has 0 bridgehead atoms. The van der Waals surface area contributed by atoms with E-state index in [1.807, 2.05) is 72.8 Å². The van der Waals surface area contributed by atoms with E-state index in [1.54, 1.807) is 4.80 Å². The van der Waals surface area contributed by atoms with Crippen molar-refractivity contribution in [2.75, 3.05) is 13.2 Å². The van der Waals surface area contributed by atoms with Crippen molar-refractivity contribution in [2.45, 2.75) is 18.5 Å². The predicted molar refractivity (Wildman–Crippen MR) is 173 cm³/mol. The van der Waals surface area contributed by atoms with E-state index in [-0.39, 0.29) is 6.61 Å². The minimum Gasteiger partial charge on any atom is -0.314 e. The summed E-state index contributed by atoms with van der Waals surface area (Å²) in [6.45, 7) is 1.35. The zero-order valence-corrected chi connectivity index (χ0v) is 24.6. The number of tetrazole rings is 1. The molecule has 1 heterocycles. The van der Waals surface area contributed by atoms with Crippen molar-refractivity contribution in [3.63, 3.8) is 0 Å². The Bertz CT molecular complexity index is 1730. The van der Waals surface area contributed by atoms with Crippen LogP contribution in [-0.2, 0) is 16.9 Å². The van der Waals surface area contributed by atoms with Crippen LogP contribution in [0.15, 0.2) is 140 Å². The number of hydrogen-bond acceptors (Lipinski definition) is 7. The van der Waals surface area contributed by atoms with Crippen LogP contribution in [0.2, 0.25) is 0 Å². The molecular formula is C36H32N6O3. The van der Waals surface area contributed by atoms with Crippen LogP contribution >= 0.6 is 0 Å². The molecule has 0 aliphatic rings. The largest absolute Gasteiger partial charge is 0.314 e. The molecule has 0 radical (unpaired) electrons. The first-order chi connectivity index (χ1) is 22.2. The van der Waals surface area contributed by atoms with E-state index >= 15 is 0 Å². The molecule has 1 aromatic heterocycles. The van der Waals surface area contributed by atoms with Crippen molar-refractivity contribution in [2.24, 2.45) is 0 Å². The number of rotatable bonds is 13. The lowest BCUT2D eigenvalue weighted by molar-refractivity contribution is -0.757. The average Bonchev–Trinajstić information content (AvgIpc) is 3.59. The summed E-state index contributed by atoms with van der Waals surface area (Å²) in [5.41, 5.74) is 6.23. The molecule has 6 rings (SSSR count). The van der Waals surface area contributed by atoms with Crippen LogP contribution in [0.4, 0.5) is 0 Å². The molecule has 6 aromatic rings. The van der Waals surface area contributed by atoms with Crippen molar-refractivity contribution < 1.29 is 9.92 Å². The van der Waals surface area contributed by atoms with Crippen LogP contribution in [-0.4, -0.2) is 38.4 Å². The summed E-state index contributed by atoms with van der Waals surface area (Å²) in [4.78, 5) is 16.4. The average molecular weight is 597 g/mol. The summed E-state index contributed by atoms with van der Waals surface area (Å²) in [5.74, 6) is 0.528. The number of benzene rings is 5. The monoisotopic (exact) mass is 596 g/mol. The summed E-state index contributed by atoms with van der Waals surface area (Å²) in [5, 5.41) is 27.3. The molecule has 9 heteroatoms. The zero-order valence-electron chi connectivity index (χ0n) is 24.6. The highest BCUT2D eigenvalue weighted by Gasteiger charge is 2.41. The molecular weight excluding hydrogens is 564 g/mol. The van der Waals surface area contributed by atoms with Gasteiger partial charge in [0.05, 0.1) is 6.61 Å². The third kappa shape index (κ3) is 6.34. The van der Waals surface area contributed by atoms with Gasteiger partial charge in [0.25, 0.3) is 5.09 Å². The maximum absolute atomic E-state index is 10.3. The second-order valence-corrected chi connectivity index (χ2v) is 10.5. The van der Waals surface area contributed by atoms with E-state index in [2.05, 4.69) is 82.0 Å². The Morgan fingerprint density at radius 3 is 1.80 bits per heavy atom. The highest BCUT2D eigenvalue weighted by atomic mass is 16.9.